The van der Waals surface area contributed by atoms with Gasteiger partial charge in [-0.1, -0.05) is 60.7 Å². The fraction of sp³-hybridized carbons (Fsp3) is 0.0370. The molecule has 4 aromatic carbocycles. The Morgan fingerprint density at radius 2 is 1.52 bits per heavy atom. The lowest BCUT2D eigenvalue weighted by molar-refractivity contribution is 0.102. The minimum absolute atomic E-state index is 0.152. The maximum atomic E-state index is 12.8. The number of carbonyl (C=O) groups is 1. The first-order valence-electron chi connectivity index (χ1n) is 10.1. The Hall–Kier alpha value is -4.18. The Kier molecular flexibility index (Phi) is 5.03. The molecule has 0 bridgehead atoms. The van der Waals surface area contributed by atoms with Crippen LogP contribution in [0.3, 0.4) is 0 Å². The van der Waals surface area contributed by atoms with E-state index in [1.165, 1.54) is 5.56 Å². The van der Waals surface area contributed by atoms with Crippen molar-refractivity contribution in [2.24, 2.45) is 0 Å². The van der Waals surface area contributed by atoms with Gasteiger partial charge in [0.25, 0.3) is 5.91 Å². The molecule has 0 unspecified atom stereocenters. The van der Waals surface area contributed by atoms with Crippen molar-refractivity contribution < 1.29 is 9.21 Å². The topological polar surface area (TPSA) is 55.1 Å². The average Bonchev–Trinajstić information content (AvgIpc) is 3.24. The summed E-state index contributed by atoms with van der Waals surface area (Å²) in [6.07, 6.45) is 0.787. The van der Waals surface area contributed by atoms with E-state index in [-0.39, 0.29) is 5.91 Å². The van der Waals surface area contributed by atoms with Crippen molar-refractivity contribution in [2.45, 2.75) is 6.42 Å². The van der Waals surface area contributed by atoms with E-state index in [0.717, 1.165) is 17.5 Å². The molecule has 1 aromatic heterocycles. The summed E-state index contributed by atoms with van der Waals surface area (Å²) in [5.74, 6) is 0.411. The highest BCUT2D eigenvalue weighted by atomic mass is 16.3. The minimum atomic E-state index is -0.152. The van der Waals surface area contributed by atoms with Crippen LogP contribution in [0.1, 0.15) is 21.5 Å². The number of rotatable bonds is 5. The van der Waals surface area contributed by atoms with Gasteiger partial charge in [0.15, 0.2) is 5.58 Å². The molecule has 0 aliphatic carbocycles. The number of carbonyl (C=O) groups excluding carboxylic acids is 1. The molecule has 1 N–H and O–H groups in total. The molecule has 5 rings (SSSR count). The van der Waals surface area contributed by atoms with E-state index in [0.29, 0.717) is 28.2 Å². The van der Waals surface area contributed by atoms with Crippen LogP contribution in [-0.2, 0) is 6.42 Å². The molecule has 4 heteroatoms. The predicted octanol–water partition coefficient (Wildman–Crippen LogP) is 6.34. The summed E-state index contributed by atoms with van der Waals surface area (Å²) in [5.41, 5.74) is 5.91. The van der Waals surface area contributed by atoms with Crippen molar-refractivity contribution in [1.29, 1.82) is 0 Å². The second-order valence-corrected chi connectivity index (χ2v) is 7.38. The van der Waals surface area contributed by atoms with Crippen molar-refractivity contribution >= 4 is 22.7 Å². The number of aromatic nitrogens is 1. The summed E-state index contributed by atoms with van der Waals surface area (Å²) < 4.78 is 5.85. The van der Waals surface area contributed by atoms with Gasteiger partial charge in [0.05, 0.1) is 0 Å². The largest absolute Gasteiger partial charge is 0.436 e. The van der Waals surface area contributed by atoms with E-state index in [1.54, 1.807) is 0 Å². The Morgan fingerprint density at radius 1 is 0.774 bits per heavy atom. The zero-order chi connectivity index (χ0) is 21.0. The molecule has 0 aliphatic rings. The third-order valence-electron chi connectivity index (χ3n) is 5.11. The van der Waals surface area contributed by atoms with Crippen molar-refractivity contribution in [3.8, 4) is 11.5 Å². The lowest BCUT2D eigenvalue weighted by Crippen LogP contribution is -2.12. The number of hydrogen-bond donors (Lipinski definition) is 1. The Labute approximate surface area is 180 Å². The Morgan fingerprint density at radius 3 is 2.32 bits per heavy atom. The summed E-state index contributed by atoms with van der Waals surface area (Å²) in [7, 11) is 0. The normalized spacial score (nSPS) is 10.8. The monoisotopic (exact) mass is 404 g/mol. The molecule has 0 atom stereocenters. The number of amides is 1. The van der Waals surface area contributed by atoms with E-state index >= 15 is 0 Å². The van der Waals surface area contributed by atoms with Gasteiger partial charge in [-0.15, -0.1) is 0 Å². The zero-order valence-electron chi connectivity index (χ0n) is 16.8. The summed E-state index contributed by atoms with van der Waals surface area (Å²) in [4.78, 5) is 17.4. The molecule has 0 saturated carbocycles. The summed E-state index contributed by atoms with van der Waals surface area (Å²) in [5, 5.41) is 2.97. The third kappa shape index (κ3) is 4.23. The lowest BCUT2D eigenvalue weighted by atomic mass is 10.0. The van der Waals surface area contributed by atoms with Crippen LogP contribution in [0.5, 0.6) is 0 Å². The Balaban J connectivity index is 1.35. The van der Waals surface area contributed by atoms with E-state index < -0.39 is 0 Å². The number of benzene rings is 4. The molecule has 1 heterocycles. The molecule has 1 amide bonds. The van der Waals surface area contributed by atoms with Crippen LogP contribution in [-0.4, -0.2) is 10.9 Å². The van der Waals surface area contributed by atoms with Gasteiger partial charge < -0.3 is 9.73 Å². The minimum Gasteiger partial charge on any atom is -0.436 e. The predicted molar refractivity (Wildman–Crippen MR) is 123 cm³/mol. The number of oxazole rings is 1. The van der Waals surface area contributed by atoms with Gasteiger partial charge in [-0.3, -0.25) is 4.79 Å². The fourth-order valence-corrected chi connectivity index (χ4v) is 3.57. The number of hydrogen-bond acceptors (Lipinski definition) is 3. The van der Waals surface area contributed by atoms with Crippen molar-refractivity contribution in [3.05, 3.63) is 120 Å². The fourth-order valence-electron chi connectivity index (χ4n) is 3.57. The first-order valence-corrected chi connectivity index (χ1v) is 10.1. The first-order chi connectivity index (χ1) is 15.2. The van der Waals surface area contributed by atoms with Crippen LogP contribution in [0, 0.1) is 0 Å². The van der Waals surface area contributed by atoms with Crippen LogP contribution in [0.25, 0.3) is 22.6 Å². The number of nitrogens with zero attached hydrogens (tertiary/aromatic N) is 1. The van der Waals surface area contributed by atoms with E-state index in [9.17, 15) is 4.79 Å². The highest BCUT2D eigenvalue weighted by Gasteiger charge is 2.11. The molecular formula is C27H20N2O2. The molecule has 4 nitrogen and oxygen atoms in total. The molecular weight excluding hydrogens is 384 g/mol. The van der Waals surface area contributed by atoms with Crippen molar-refractivity contribution in [3.63, 3.8) is 0 Å². The molecule has 0 aliphatic heterocycles. The van der Waals surface area contributed by atoms with Crippen LogP contribution in [0.2, 0.25) is 0 Å². The average molecular weight is 404 g/mol. The molecule has 0 radical (unpaired) electrons. The quantitative estimate of drug-likeness (QED) is 0.372. The molecule has 5 aromatic rings. The van der Waals surface area contributed by atoms with Crippen LogP contribution >= 0.6 is 0 Å². The second-order valence-electron chi connectivity index (χ2n) is 7.38. The maximum absolute atomic E-state index is 12.8. The number of fused-ring (bicyclic) bond motifs is 1. The zero-order valence-corrected chi connectivity index (χ0v) is 16.8. The van der Waals surface area contributed by atoms with Gasteiger partial charge in [0, 0.05) is 16.8 Å². The molecule has 31 heavy (non-hydrogen) atoms. The van der Waals surface area contributed by atoms with Crippen LogP contribution in [0.15, 0.2) is 108 Å². The summed E-state index contributed by atoms with van der Waals surface area (Å²) in [6.45, 7) is 0. The SMILES string of the molecule is O=C(Nc1ccc2oc(-c3ccccc3)nc2c1)c1cccc(Cc2ccccc2)c1. The summed E-state index contributed by atoms with van der Waals surface area (Å²) >= 11 is 0. The first kappa shape index (κ1) is 18.8. The van der Waals surface area contributed by atoms with Gasteiger partial charge in [-0.25, -0.2) is 4.98 Å². The van der Waals surface area contributed by atoms with Gasteiger partial charge >= 0.3 is 0 Å². The smallest absolute Gasteiger partial charge is 0.255 e. The van der Waals surface area contributed by atoms with Gasteiger partial charge in [0.1, 0.15) is 5.52 Å². The standard InChI is InChI=1S/C27H20N2O2/c30-26(22-13-7-10-20(17-22)16-19-8-3-1-4-9-19)28-23-14-15-25-24(18-23)29-27(31-25)21-11-5-2-6-12-21/h1-15,17-18H,16H2,(H,28,30). The molecule has 0 fully saturated rings. The van der Waals surface area contributed by atoms with Crippen molar-refractivity contribution in [2.75, 3.05) is 5.32 Å². The van der Waals surface area contributed by atoms with E-state index in [1.807, 2.05) is 91.0 Å². The number of nitrogens with one attached hydrogen (secondary N) is 1. The second kappa shape index (κ2) is 8.28. The van der Waals surface area contributed by atoms with Gasteiger partial charge in [0.2, 0.25) is 5.89 Å². The van der Waals surface area contributed by atoms with Gasteiger partial charge in [-0.2, -0.15) is 0 Å². The van der Waals surface area contributed by atoms with E-state index in [2.05, 4.69) is 22.4 Å². The molecule has 150 valence electrons. The molecule has 0 spiro atoms. The maximum Gasteiger partial charge on any atom is 0.255 e. The highest BCUT2D eigenvalue weighted by molar-refractivity contribution is 6.05. The van der Waals surface area contributed by atoms with Crippen molar-refractivity contribution in [1.82, 2.24) is 4.98 Å². The molecule has 0 saturated heterocycles. The third-order valence-corrected chi connectivity index (χ3v) is 5.11. The Bertz CT molecular complexity index is 1340. The van der Waals surface area contributed by atoms with Gasteiger partial charge in [-0.05, 0) is 60.0 Å². The number of anilines is 1. The highest BCUT2D eigenvalue weighted by Crippen LogP contribution is 2.26. The lowest BCUT2D eigenvalue weighted by Gasteiger charge is -2.07. The van der Waals surface area contributed by atoms with Crippen LogP contribution < -0.4 is 5.32 Å². The van der Waals surface area contributed by atoms with E-state index in [4.69, 9.17) is 4.42 Å². The summed E-state index contributed by atoms with van der Waals surface area (Å²) in [6, 6.07) is 33.2. The van der Waals surface area contributed by atoms with Crippen LogP contribution in [0.4, 0.5) is 5.69 Å².